The Bertz CT molecular complexity index is 663. The van der Waals surface area contributed by atoms with Crippen molar-refractivity contribution in [1.29, 1.82) is 0 Å². The number of aromatic hydroxyl groups is 1. The van der Waals surface area contributed by atoms with Crippen LogP contribution in [0.1, 0.15) is 24.8 Å². The molecule has 2 aromatic rings. The molecule has 0 radical (unpaired) electrons. The molecule has 2 aromatic carbocycles. The molecule has 3 rings (SSSR count). The van der Waals surface area contributed by atoms with Crippen LogP contribution < -0.4 is 9.47 Å². The summed E-state index contributed by atoms with van der Waals surface area (Å²) in [7, 11) is 1.67. The van der Waals surface area contributed by atoms with E-state index in [-0.39, 0.29) is 0 Å². The molecule has 1 aliphatic rings. The number of ether oxygens (including phenoxy) is 2. The van der Waals surface area contributed by atoms with E-state index in [0.29, 0.717) is 12.4 Å². The van der Waals surface area contributed by atoms with Crippen LogP contribution in [0.15, 0.2) is 48.5 Å². The van der Waals surface area contributed by atoms with E-state index >= 15 is 0 Å². The Morgan fingerprint density at radius 2 is 1.69 bits per heavy atom. The third kappa shape index (κ3) is 5.40. The van der Waals surface area contributed by atoms with Crippen LogP contribution in [0, 0.1) is 5.92 Å². The molecule has 0 unspecified atom stereocenters. The summed E-state index contributed by atoms with van der Waals surface area (Å²) >= 11 is 0. The summed E-state index contributed by atoms with van der Waals surface area (Å²) < 4.78 is 11.2. The molecule has 1 N–H and O–H groups in total. The van der Waals surface area contributed by atoms with Crippen molar-refractivity contribution < 1.29 is 14.6 Å². The number of hydrogen-bond acceptors (Lipinski definition) is 4. The molecule has 0 spiro atoms. The zero-order valence-corrected chi connectivity index (χ0v) is 15.6. The van der Waals surface area contributed by atoms with Crippen molar-refractivity contribution in [3.63, 3.8) is 0 Å². The summed E-state index contributed by atoms with van der Waals surface area (Å²) in [6.45, 7) is 3.95. The van der Waals surface area contributed by atoms with E-state index in [1.807, 2.05) is 36.4 Å². The van der Waals surface area contributed by atoms with Gasteiger partial charge in [0.05, 0.1) is 7.11 Å². The fraction of sp³-hybridized carbons (Fsp3) is 0.455. The van der Waals surface area contributed by atoms with Crippen molar-refractivity contribution in [3.8, 4) is 17.2 Å². The largest absolute Gasteiger partial charge is 0.508 e. The average Bonchev–Trinajstić information content (AvgIpc) is 2.69. The van der Waals surface area contributed by atoms with Gasteiger partial charge in [0.2, 0.25) is 0 Å². The van der Waals surface area contributed by atoms with Crippen molar-refractivity contribution in [3.05, 3.63) is 54.1 Å². The minimum Gasteiger partial charge on any atom is -0.508 e. The van der Waals surface area contributed by atoms with Gasteiger partial charge in [0.1, 0.15) is 12.4 Å². The minimum absolute atomic E-state index is 0.345. The molecule has 0 atom stereocenters. The maximum atomic E-state index is 9.35. The predicted molar refractivity (Wildman–Crippen MR) is 104 cm³/mol. The quantitative estimate of drug-likeness (QED) is 0.773. The van der Waals surface area contributed by atoms with Crippen LogP contribution in [0.2, 0.25) is 0 Å². The highest BCUT2D eigenvalue weighted by Crippen LogP contribution is 2.26. The summed E-state index contributed by atoms with van der Waals surface area (Å²) in [4.78, 5) is 2.49. The van der Waals surface area contributed by atoms with Crippen LogP contribution >= 0.6 is 0 Å². The van der Waals surface area contributed by atoms with E-state index in [2.05, 4.69) is 4.90 Å². The summed E-state index contributed by atoms with van der Waals surface area (Å²) in [5, 5.41) is 9.35. The molecule has 0 aromatic heterocycles. The number of hydrogen-bond donors (Lipinski definition) is 1. The Labute approximate surface area is 156 Å². The zero-order chi connectivity index (χ0) is 18.2. The van der Waals surface area contributed by atoms with E-state index in [1.165, 1.54) is 24.8 Å². The Hall–Kier alpha value is -2.20. The molecule has 4 nitrogen and oxygen atoms in total. The molecule has 1 heterocycles. The predicted octanol–water partition coefficient (Wildman–Crippen LogP) is 4.12. The summed E-state index contributed by atoms with van der Waals surface area (Å²) in [6, 6.07) is 15.4. The first-order valence-corrected chi connectivity index (χ1v) is 9.50. The highest BCUT2D eigenvalue weighted by atomic mass is 16.5. The Kier molecular flexibility index (Phi) is 6.78. The number of aryl methyl sites for hydroxylation is 1. The molecule has 4 heteroatoms. The number of para-hydroxylation sites is 2. The molecule has 1 saturated heterocycles. The van der Waals surface area contributed by atoms with E-state index in [1.54, 1.807) is 19.2 Å². The lowest BCUT2D eigenvalue weighted by Gasteiger charge is -2.31. The smallest absolute Gasteiger partial charge is 0.161 e. The van der Waals surface area contributed by atoms with Crippen LogP contribution in [0.25, 0.3) is 0 Å². The molecule has 140 valence electrons. The van der Waals surface area contributed by atoms with Gasteiger partial charge in [0, 0.05) is 6.54 Å². The topological polar surface area (TPSA) is 41.9 Å². The number of likely N-dealkylation sites (tertiary alicyclic amines) is 1. The SMILES string of the molecule is COc1ccccc1OCCN1CCC(CCc2ccc(O)cc2)CC1. The lowest BCUT2D eigenvalue weighted by Crippen LogP contribution is -2.36. The van der Waals surface area contributed by atoms with Crippen molar-refractivity contribution in [1.82, 2.24) is 4.90 Å². The van der Waals surface area contributed by atoms with Gasteiger partial charge in [-0.25, -0.2) is 0 Å². The lowest BCUT2D eigenvalue weighted by atomic mass is 9.90. The van der Waals surface area contributed by atoms with E-state index in [9.17, 15) is 5.11 Å². The zero-order valence-electron chi connectivity index (χ0n) is 15.6. The molecule has 26 heavy (non-hydrogen) atoms. The van der Waals surface area contributed by atoms with Gasteiger partial charge in [-0.15, -0.1) is 0 Å². The molecule has 1 aliphatic heterocycles. The van der Waals surface area contributed by atoms with E-state index in [4.69, 9.17) is 9.47 Å². The Morgan fingerprint density at radius 3 is 2.38 bits per heavy atom. The van der Waals surface area contributed by atoms with Crippen LogP contribution in [0.3, 0.4) is 0 Å². The number of methoxy groups -OCH3 is 1. The van der Waals surface area contributed by atoms with Crippen molar-refractivity contribution in [2.24, 2.45) is 5.92 Å². The number of rotatable bonds is 8. The number of phenols is 1. The highest BCUT2D eigenvalue weighted by Gasteiger charge is 2.19. The molecule has 0 amide bonds. The molecule has 0 saturated carbocycles. The van der Waals surface area contributed by atoms with Crippen LogP contribution in [0.5, 0.6) is 17.2 Å². The van der Waals surface area contributed by atoms with Crippen LogP contribution in [-0.2, 0) is 6.42 Å². The van der Waals surface area contributed by atoms with E-state index < -0.39 is 0 Å². The second-order valence-corrected chi connectivity index (χ2v) is 6.99. The van der Waals surface area contributed by atoms with Crippen molar-refractivity contribution >= 4 is 0 Å². The molecule has 1 fully saturated rings. The maximum Gasteiger partial charge on any atom is 0.161 e. The molecular weight excluding hydrogens is 326 g/mol. The van der Waals surface area contributed by atoms with Gasteiger partial charge in [-0.05, 0) is 74.5 Å². The average molecular weight is 355 g/mol. The first-order chi connectivity index (χ1) is 12.7. The molecule has 0 bridgehead atoms. The monoisotopic (exact) mass is 355 g/mol. The normalized spacial score (nSPS) is 15.7. The Morgan fingerprint density at radius 1 is 1.00 bits per heavy atom. The first kappa shape index (κ1) is 18.6. The van der Waals surface area contributed by atoms with Gasteiger partial charge in [-0.2, -0.15) is 0 Å². The highest BCUT2D eigenvalue weighted by molar-refractivity contribution is 5.39. The fourth-order valence-electron chi connectivity index (χ4n) is 3.55. The van der Waals surface area contributed by atoms with Crippen molar-refractivity contribution in [2.45, 2.75) is 25.7 Å². The summed E-state index contributed by atoms with van der Waals surface area (Å²) in [5.74, 6) is 2.76. The van der Waals surface area contributed by atoms with Gasteiger partial charge >= 0.3 is 0 Å². The number of nitrogens with zero attached hydrogens (tertiary/aromatic N) is 1. The molecule has 0 aliphatic carbocycles. The van der Waals surface area contributed by atoms with Crippen molar-refractivity contribution in [2.75, 3.05) is 33.4 Å². The van der Waals surface area contributed by atoms with Crippen LogP contribution in [0.4, 0.5) is 0 Å². The third-order valence-corrected chi connectivity index (χ3v) is 5.22. The first-order valence-electron chi connectivity index (χ1n) is 9.50. The summed E-state index contributed by atoms with van der Waals surface area (Å²) in [6.07, 6.45) is 4.84. The van der Waals surface area contributed by atoms with Gasteiger partial charge in [0.15, 0.2) is 11.5 Å². The number of benzene rings is 2. The van der Waals surface area contributed by atoms with Gasteiger partial charge < -0.3 is 14.6 Å². The van der Waals surface area contributed by atoms with Gasteiger partial charge in [-0.3, -0.25) is 4.90 Å². The summed E-state index contributed by atoms with van der Waals surface area (Å²) in [5.41, 5.74) is 1.32. The minimum atomic E-state index is 0.345. The Balaban J connectivity index is 1.34. The lowest BCUT2D eigenvalue weighted by molar-refractivity contribution is 0.150. The van der Waals surface area contributed by atoms with Crippen LogP contribution in [-0.4, -0.2) is 43.4 Å². The standard InChI is InChI=1S/C22H29NO3/c1-25-21-4-2-3-5-22(21)26-17-16-23-14-12-19(13-15-23)7-6-18-8-10-20(24)11-9-18/h2-5,8-11,19,24H,6-7,12-17H2,1H3. The number of piperidine rings is 1. The van der Waals surface area contributed by atoms with Gasteiger partial charge in [0.25, 0.3) is 0 Å². The maximum absolute atomic E-state index is 9.35. The number of phenolic OH excluding ortho intramolecular Hbond substituents is 1. The van der Waals surface area contributed by atoms with Gasteiger partial charge in [-0.1, -0.05) is 24.3 Å². The second kappa shape index (κ2) is 9.48. The molecular formula is C22H29NO3. The fourth-order valence-corrected chi connectivity index (χ4v) is 3.55. The third-order valence-electron chi connectivity index (χ3n) is 5.22. The second-order valence-electron chi connectivity index (χ2n) is 6.99. The van der Waals surface area contributed by atoms with E-state index in [0.717, 1.165) is 43.5 Å².